The minimum atomic E-state index is -3.31. The van der Waals surface area contributed by atoms with Gasteiger partial charge < -0.3 is 5.32 Å². The fraction of sp³-hybridized carbons (Fsp3) is 0.190. The summed E-state index contributed by atoms with van der Waals surface area (Å²) < 4.78 is 39.3. The van der Waals surface area contributed by atoms with Gasteiger partial charge in [0.05, 0.1) is 48.0 Å². The Hall–Kier alpha value is -3.53. The Morgan fingerprint density at radius 3 is 2.58 bits per heavy atom. The van der Waals surface area contributed by atoms with Crippen molar-refractivity contribution < 1.29 is 17.6 Å². The number of nitrogens with one attached hydrogen (secondary N) is 1. The van der Waals surface area contributed by atoms with E-state index in [1.165, 1.54) is 28.8 Å². The number of sulfonamides is 1. The second-order valence-electron chi connectivity index (χ2n) is 7.20. The number of fused-ring (bicyclic) bond motifs is 1. The zero-order valence-corrected chi connectivity index (χ0v) is 17.7. The first-order valence-electron chi connectivity index (χ1n) is 9.47. The van der Waals surface area contributed by atoms with Gasteiger partial charge in [-0.1, -0.05) is 6.08 Å². The van der Waals surface area contributed by atoms with Crippen molar-refractivity contribution >= 4 is 26.8 Å². The maximum absolute atomic E-state index is 13.2. The van der Waals surface area contributed by atoms with Gasteiger partial charge in [-0.25, -0.2) is 17.5 Å². The zero-order valence-electron chi connectivity index (χ0n) is 16.9. The highest BCUT2D eigenvalue weighted by molar-refractivity contribution is 7.88. The van der Waals surface area contributed by atoms with Crippen LogP contribution < -0.4 is 5.32 Å². The molecule has 0 radical (unpaired) electrons. The molecule has 160 valence electrons. The highest BCUT2D eigenvalue weighted by Crippen LogP contribution is 2.22. The van der Waals surface area contributed by atoms with Crippen molar-refractivity contribution in [2.24, 2.45) is 0 Å². The lowest BCUT2D eigenvalue weighted by atomic mass is 10.1. The molecule has 2 aromatic heterocycles. The Kier molecular flexibility index (Phi) is 5.32. The van der Waals surface area contributed by atoms with Crippen LogP contribution in [0.4, 0.5) is 4.39 Å². The third-order valence-electron chi connectivity index (χ3n) is 5.03. The van der Waals surface area contributed by atoms with Crippen LogP contribution in [0.15, 0.2) is 66.8 Å². The van der Waals surface area contributed by atoms with Crippen LogP contribution in [0, 0.1) is 5.82 Å². The molecular formula is C21H20FN5O3S. The molecule has 1 aliphatic heterocycles. The monoisotopic (exact) mass is 441 g/mol. The van der Waals surface area contributed by atoms with Crippen LogP contribution in [0.5, 0.6) is 0 Å². The Morgan fingerprint density at radius 2 is 1.94 bits per heavy atom. The van der Waals surface area contributed by atoms with E-state index in [0.29, 0.717) is 22.2 Å². The van der Waals surface area contributed by atoms with Crippen LogP contribution >= 0.6 is 0 Å². The maximum Gasteiger partial charge on any atom is 0.254 e. The number of benzene rings is 1. The summed E-state index contributed by atoms with van der Waals surface area (Å²) in [4.78, 5) is 17.1. The van der Waals surface area contributed by atoms with Crippen LogP contribution in [-0.4, -0.2) is 52.2 Å². The van der Waals surface area contributed by atoms with E-state index in [0.717, 1.165) is 11.8 Å². The van der Waals surface area contributed by atoms with Crippen molar-refractivity contribution in [2.75, 3.05) is 12.8 Å². The first-order valence-corrected chi connectivity index (χ1v) is 11.3. The van der Waals surface area contributed by atoms with E-state index in [1.807, 2.05) is 6.92 Å². The van der Waals surface area contributed by atoms with E-state index in [-0.39, 0.29) is 24.3 Å². The van der Waals surface area contributed by atoms with Gasteiger partial charge in [-0.3, -0.25) is 14.1 Å². The number of hydrogen-bond acceptors (Lipinski definition) is 5. The molecule has 10 heteroatoms. The molecule has 4 rings (SSSR count). The quantitative estimate of drug-likeness (QED) is 0.656. The lowest BCUT2D eigenvalue weighted by molar-refractivity contribution is 0.0947. The van der Waals surface area contributed by atoms with Gasteiger partial charge in [0.2, 0.25) is 10.0 Å². The minimum absolute atomic E-state index is 0.215. The Labute approximate surface area is 178 Å². The molecule has 0 unspecified atom stereocenters. The number of halogens is 1. The summed E-state index contributed by atoms with van der Waals surface area (Å²) in [6.07, 6.45) is 10.7. The number of pyridine rings is 1. The number of carbonyl (C=O) groups is 1. The van der Waals surface area contributed by atoms with Gasteiger partial charge in [-0.15, -0.1) is 0 Å². The van der Waals surface area contributed by atoms with Gasteiger partial charge in [0.1, 0.15) is 5.82 Å². The van der Waals surface area contributed by atoms with Crippen molar-refractivity contribution in [3.8, 4) is 5.69 Å². The molecule has 3 aromatic rings. The van der Waals surface area contributed by atoms with Crippen molar-refractivity contribution in [1.29, 1.82) is 0 Å². The number of aromatic nitrogens is 3. The molecule has 0 saturated carbocycles. The second kappa shape index (κ2) is 7.95. The molecule has 1 amide bonds. The molecule has 0 saturated heterocycles. The number of nitrogens with zero attached hydrogens (tertiary/aromatic N) is 4. The molecule has 31 heavy (non-hydrogen) atoms. The molecule has 1 N–H and O–H groups in total. The van der Waals surface area contributed by atoms with E-state index < -0.39 is 10.0 Å². The molecule has 0 spiro atoms. The Morgan fingerprint density at radius 1 is 1.19 bits per heavy atom. The zero-order chi connectivity index (χ0) is 22.2. The lowest BCUT2D eigenvalue weighted by Gasteiger charge is -2.23. The topological polar surface area (TPSA) is 97.2 Å². The highest BCUT2D eigenvalue weighted by atomic mass is 32.2. The summed E-state index contributed by atoms with van der Waals surface area (Å²) in [5, 5.41) is 7.85. The molecule has 1 aromatic carbocycles. The minimum Gasteiger partial charge on any atom is -0.345 e. The normalized spacial score (nSPS) is 15.1. The first-order chi connectivity index (χ1) is 14.7. The summed E-state index contributed by atoms with van der Waals surface area (Å²) in [6, 6.07) is 5.53. The van der Waals surface area contributed by atoms with Gasteiger partial charge >= 0.3 is 0 Å². The van der Waals surface area contributed by atoms with Crippen LogP contribution in [0.2, 0.25) is 0 Å². The van der Waals surface area contributed by atoms with Crippen LogP contribution in [0.3, 0.4) is 0 Å². The molecule has 1 aliphatic rings. The van der Waals surface area contributed by atoms with Gasteiger partial charge in [0.15, 0.2) is 0 Å². The van der Waals surface area contributed by atoms with E-state index >= 15 is 0 Å². The largest absolute Gasteiger partial charge is 0.345 e. The van der Waals surface area contributed by atoms with E-state index in [9.17, 15) is 17.6 Å². The molecule has 3 heterocycles. The van der Waals surface area contributed by atoms with Crippen molar-refractivity contribution in [3.05, 3.63) is 78.2 Å². The molecule has 1 atom stereocenters. The highest BCUT2D eigenvalue weighted by Gasteiger charge is 2.20. The van der Waals surface area contributed by atoms with Crippen LogP contribution in [-0.2, 0) is 10.0 Å². The van der Waals surface area contributed by atoms with Gasteiger partial charge in [-0.2, -0.15) is 5.10 Å². The third kappa shape index (κ3) is 4.19. The lowest BCUT2D eigenvalue weighted by Crippen LogP contribution is -2.35. The molecular weight excluding hydrogens is 421 g/mol. The van der Waals surface area contributed by atoms with Gasteiger partial charge in [0, 0.05) is 17.8 Å². The predicted molar refractivity (Wildman–Crippen MR) is 115 cm³/mol. The maximum atomic E-state index is 13.2. The van der Waals surface area contributed by atoms with Gasteiger partial charge in [0.25, 0.3) is 5.91 Å². The predicted octanol–water partition coefficient (Wildman–Crippen LogP) is 2.39. The number of carbonyl (C=O) groups excluding carboxylic acids is 1. The van der Waals surface area contributed by atoms with Crippen molar-refractivity contribution in [3.63, 3.8) is 0 Å². The standard InChI is InChI=1S/C21H20FN5O3S/c1-14(15-7-9-26(10-8-15)31(2,29)30)25-21(28)19-11-23-13-20-18(19)12-24-27(20)17-5-3-16(22)4-6-17/h3-9,11-14H,10H2,1-2H3,(H,25,28)/t14-/m0/s1. The summed E-state index contributed by atoms with van der Waals surface area (Å²) in [5.41, 5.74) is 2.43. The summed E-state index contributed by atoms with van der Waals surface area (Å²) in [7, 11) is -3.31. The summed E-state index contributed by atoms with van der Waals surface area (Å²) in [5.74, 6) is -0.679. The van der Waals surface area contributed by atoms with E-state index in [2.05, 4.69) is 15.4 Å². The fourth-order valence-electron chi connectivity index (χ4n) is 3.33. The Bertz CT molecular complexity index is 1310. The average molecular weight is 441 g/mol. The molecule has 0 fully saturated rings. The molecule has 0 aliphatic carbocycles. The first kappa shape index (κ1) is 20.7. The fourth-order valence-corrected chi connectivity index (χ4v) is 3.96. The Balaban J connectivity index is 1.55. The SMILES string of the molecule is C[C@H](NC(=O)c1cncc2c1cnn2-c1ccc(F)cc1)C1=CCN(S(C)(=O)=O)C=C1. The van der Waals surface area contributed by atoms with Crippen LogP contribution in [0.1, 0.15) is 17.3 Å². The number of hydrogen-bond donors (Lipinski definition) is 1. The smallest absolute Gasteiger partial charge is 0.254 e. The van der Waals surface area contributed by atoms with Gasteiger partial charge in [-0.05, 0) is 42.8 Å². The van der Waals surface area contributed by atoms with Crippen molar-refractivity contribution in [2.45, 2.75) is 13.0 Å². The molecule has 0 bridgehead atoms. The average Bonchev–Trinajstić information content (AvgIpc) is 3.18. The van der Waals surface area contributed by atoms with Crippen molar-refractivity contribution in [1.82, 2.24) is 24.4 Å². The third-order valence-corrected chi connectivity index (χ3v) is 6.15. The number of amides is 1. The van der Waals surface area contributed by atoms with Crippen LogP contribution in [0.25, 0.3) is 16.6 Å². The summed E-state index contributed by atoms with van der Waals surface area (Å²) in [6.45, 7) is 2.03. The van der Waals surface area contributed by atoms with E-state index in [4.69, 9.17) is 0 Å². The van der Waals surface area contributed by atoms with E-state index in [1.54, 1.807) is 41.4 Å². The molecule has 8 nitrogen and oxygen atoms in total. The second-order valence-corrected chi connectivity index (χ2v) is 9.14. The summed E-state index contributed by atoms with van der Waals surface area (Å²) >= 11 is 0. The number of rotatable bonds is 5.